The molecule has 1 saturated heterocycles. The van der Waals surface area contributed by atoms with Crippen LogP contribution in [0.2, 0.25) is 0 Å². The number of carbonyl (C=O) groups is 2. The van der Waals surface area contributed by atoms with Gasteiger partial charge in [-0.05, 0) is 29.8 Å². The minimum atomic E-state index is -0.513. The molecule has 0 aliphatic carbocycles. The van der Waals surface area contributed by atoms with Crippen molar-refractivity contribution >= 4 is 17.6 Å². The van der Waals surface area contributed by atoms with Crippen molar-refractivity contribution in [2.24, 2.45) is 5.92 Å². The summed E-state index contributed by atoms with van der Waals surface area (Å²) < 4.78 is 10.4. The molecule has 0 saturated carbocycles. The number of hydrogen-bond acceptors (Lipinski definition) is 6. The predicted molar refractivity (Wildman–Crippen MR) is 85.1 cm³/mol. The molecule has 8 nitrogen and oxygen atoms in total. The van der Waals surface area contributed by atoms with E-state index in [1.165, 1.54) is 30.5 Å². The highest BCUT2D eigenvalue weighted by molar-refractivity contribution is 5.86. The molecule has 0 N–H and O–H groups in total. The average molecular weight is 344 g/mol. The minimum Gasteiger partial charge on any atom is -0.467 e. The van der Waals surface area contributed by atoms with Crippen molar-refractivity contribution in [3.05, 3.63) is 64.1 Å². The molecule has 1 atom stereocenters. The Balaban J connectivity index is 1.51. The molecule has 1 unspecified atom stereocenters. The van der Waals surface area contributed by atoms with Crippen LogP contribution in [-0.4, -0.2) is 28.2 Å². The third kappa shape index (κ3) is 4.03. The number of amides is 1. The summed E-state index contributed by atoms with van der Waals surface area (Å²) in [7, 11) is 0. The largest absolute Gasteiger partial charge is 0.467 e. The Labute approximate surface area is 143 Å². The van der Waals surface area contributed by atoms with E-state index in [4.69, 9.17) is 9.15 Å². The number of furan rings is 1. The molecule has 0 spiro atoms. The highest BCUT2D eigenvalue weighted by atomic mass is 16.6. The van der Waals surface area contributed by atoms with Gasteiger partial charge in [0.1, 0.15) is 12.4 Å². The van der Waals surface area contributed by atoms with E-state index in [0.29, 0.717) is 24.4 Å². The molecule has 1 amide bonds. The molecule has 1 aromatic heterocycles. The van der Waals surface area contributed by atoms with Crippen LogP contribution in [0, 0.1) is 16.0 Å². The number of non-ortho nitro benzene ring substituents is 1. The second-order valence-electron chi connectivity index (χ2n) is 5.79. The first kappa shape index (κ1) is 16.7. The number of likely N-dealkylation sites (tertiary alicyclic amines) is 1. The Bertz CT molecular complexity index is 769. The molecule has 1 aromatic carbocycles. The standard InChI is InChI=1S/C17H16N2O6/c20-16-8-13(9-18(16)10-15-2-1-7-24-15)17(21)25-11-12-3-5-14(6-4-12)19(22)23/h1-7,13H,8-11H2. The lowest BCUT2D eigenvalue weighted by Crippen LogP contribution is -2.26. The van der Waals surface area contributed by atoms with Crippen molar-refractivity contribution in [3.63, 3.8) is 0 Å². The van der Waals surface area contributed by atoms with Crippen LogP contribution in [-0.2, 0) is 27.5 Å². The summed E-state index contributed by atoms with van der Waals surface area (Å²) in [6.07, 6.45) is 1.64. The van der Waals surface area contributed by atoms with Gasteiger partial charge in [0.2, 0.25) is 5.91 Å². The lowest BCUT2D eigenvalue weighted by Gasteiger charge is -2.14. The van der Waals surface area contributed by atoms with E-state index in [9.17, 15) is 19.7 Å². The second kappa shape index (κ2) is 7.16. The van der Waals surface area contributed by atoms with Crippen molar-refractivity contribution in [2.75, 3.05) is 6.54 Å². The van der Waals surface area contributed by atoms with Crippen LogP contribution in [0.4, 0.5) is 5.69 Å². The first-order valence-corrected chi connectivity index (χ1v) is 7.73. The summed E-state index contributed by atoms with van der Waals surface area (Å²) in [4.78, 5) is 35.8. The molecule has 8 heteroatoms. The third-order valence-corrected chi connectivity index (χ3v) is 4.00. The maximum Gasteiger partial charge on any atom is 0.311 e. The van der Waals surface area contributed by atoms with Gasteiger partial charge in [-0.1, -0.05) is 0 Å². The quantitative estimate of drug-likeness (QED) is 0.452. The van der Waals surface area contributed by atoms with Crippen molar-refractivity contribution in [1.82, 2.24) is 4.90 Å². The van der Waals surface area contributed by atoms with Crippen LogP contribution >= 0.6 is 0 Å². The Morgan fingerprint density at radius 3 is 2.72 bits per heavy atom. The van der Waals surface area contributed by atoms with Crippen LogP contribution < -0.4 is 0 Å². The van der Waals surface area contributed by atoms with Crippen molar-refractivity contribution in [1.29, 1.82) is 0 Å². The van der Waals surface area contributed by atoms with Gasteiger partial charge in [0, 0.05) is 25.1 Å². The number of ether oxygens (including phenoxy) is 1. The highest BCUT2D eigenvalue weighted by Gasteiger charge is 2.35. The molecule has 0 bridgehead atoms. The number of benzene rings is 1. The molecular weight excluding hydrogens is 328 g/mol. The summed E-state index contributed by atoms with van der Waals surface area (Å²) in [5, 5.41) is 10.6. The number of nitrogens with zero attached hydrogens (tertiary/aromatic N) is 2. The van der Waals surface area contributed by atoms with Gasteiger partial charge in [-0.2, -0.15) is 0 Å². The molecule has 2 heterocycles. The Kier molecular flexibility index (Phi) is 4.78. The van der Waals surface area contributed by atoms with Crippen LogP contribution in [0.1, 0.15) is 17.7 Å². The van der Waals surface area contributed by atoms with E-state index in [-0.39, 0.29) is 24.6 Å². The second-order valence-corrected chi connectivity index (χ2v) is 5.79. The van der Waals surface area contributed by atoms with Gasteiger partial charge in [-0.15, -0.1) is 0 Å². The highest BCUT2D eigenvalue weighted by Crippen LogP contribution is 2.22. The van der Waals surface area contributed by atoms with Gasteiger partial charge in [0.15, 0.2) is 0 Å². The normalized spacial score (nSPS) is 16.9. The van der Waals surface area contributed by atoms with Crippen molar-refractivity contribution in [3.8, 4) is 0 Å². The lowest BCUT2D eigenvalue weighted by atomic mass is 10.1. The molecule has 130 valence electrons. The van der Waals surface area contributed by atoms with Gasteiger partial charge in [0.25, 0.3) is 5.69 Å². The Morgan fingerprint density at radius 1 is 1.32 bits per heavy atom. The maximum absolute atomic E-state index is 12.2. The first-order chi connectivity index (χ1) is 12.0. The zero-order chi connectivity index (χ0) is 17.8. The number of nitro benzene ring substituents is 1. The van der Waals surface area contributed by atoms with Crippen molar-refractivity contribution in [2.45, 2.75) is 19.6 Å². The smallest absolute Gasteiger partial charge is 0.311 e. The fraction of sp³-hybridized carbons (Fsp3) is 0.294. The van der Waals surface area contributed by atoms with Crippen LogP contribution in [0.15, 0.2) is 47.1 Å². The van der Waals surface area contributed by atoms with E-state index < -0.39 is 16.8 Å². The van der Waals surface area contributed by atoms with Crippen LogP contribution in [0.25, 0.3) is 0 Å². The van der Waals surface area contributed by atoms with E-state index >= 15 is 0 Å². The topological polar surface area (TPSA) is 103 Å². The molecule has 1 aliphatic rings. The number of nitro groups is 1. The summed E-state index contributed by atoms with van der Waals surface area (Å²) in [5.74, 6) is -0.420. The summed E-state index contributed by atoms with van der Waals surface area (Å²) >= 11 is 0. The monoisotopic (exact) mass is 344 g/mol. The van der Waals surface area contributed by atoms with Gasteiger partial charge in [0.05, 0.1) is 23.6 Å². The zero-order valence-electron chi connectivity index (χ0n) is 13.3. The van der Waals surface area contributed by atoms with Crippen molar-refractivity contribution < 1.29 is 23.7 Å². The SMILES string of the molecule is O=C(OCc1ccc([N+](=O)[O-])cc1)C1CC(=O)N(Cc2ccco2)C1. The number of esters is 1. The Hall–Kier alpha value is -3.16. The van der Waals surface area contributed by atoms with Crippen LogP contribution in [0.5, 0.6) is 0 Å². The predicted octanol–water partition coefficient (Wildman–Crippen LogP) is 2.28. The molecule has 2 aromatic rings. The van der Waals surface area contributed by atoms with E-state index in [1.54, 1.807) is 17.0 Å². The summed E-state index contributed by atoms with van der Waals surface area (Å²) in [6.45, 7) is 0.635. The lowest BCUT2D eigenvalue weighted by molar-refractivity contribution is -0.384. The number of rotatable bonds is 6. The molecule has 0 radical (unpaired) electrons. The molecule has 3 rings (SSSR count). The van der Waals surface area contributed by atoms with Gasteiger partial charge in [-0.3, -0.25) is 19.7 Å². The number of carbonyl (C=O) groups excluding carboxylic acids is 2. The minimum absolute atomic E-state index is 0.0136. The molecule has 25 heavy (non-hydrogen) atoms. The summed E-state index contributed by atoms with van der Waals surface area (Å²) in [6, 6.07) is 9.29. The van der Waals surface area contributed by atoms with Gasteiger partial charge < -0.3 is 14.1 Å². The average Bonchev–Trinajstić information content (AvgIpc) is 3.24. The number of hydrogen-bond donors (Lipinski definition) is 0. The fourth-order valence-corrected chi connectivity index (χ4v) is 2.66. The van der Waals surface area contributed by atoms with E-state index in [1.807, 2.05) is 0 Å². The molecule has 1 aliphatic heterocycles. The van der Waals surface area contributed by atoms with Gasteiger partial charge >= 0.3 is 5.97 Å². The van der Waals surface area contributed by atoms with E-state index in [2.05, 4.69) is 0 Å². The summed E-state index contributed by atoms with van der Waals surface area (Å²) in [5.41, 5.74) is 0.626. The molecular formula is C17H16N2O6. The van der Waals surface area contributed by atoms with Crippen LogP contribution in [0.3, 0.4) is 0 Å². The molecule has 1 fully saturated rings. The first-order valence-electron chi connectivity index (χ1n) is 7.73. The van der Waals surface area contributed by atoms with E-state index in [0.717, 1.165) is 0 Å². The third-order valence-electron chi connectivity index (χ3n) is 4.00. The zero-order valence-corrected chi connectivity index (χ0v) is 13.3. The maximum atomic E-state index is 12.2. The van der Waals surface area contributed by atoms with Gasteiger partial charge in [-0.25, -0.2) is 0 Å². The fourth-order valence-electron chi connectivity index (χ4n) is 2.66. The Morgan fingerprint density at radius 2 is 2.08 bits per heavy atom.